The fourth-order valence-corrected chi connectivity index (χ4v) is 2.47. The van der Waals surface area contributed by atoms with Gasteiger partial charge in [-0.1, -0.05) is 0 Å². The first-order valence-corrected chi connectivity index (χ1v) is 5.46. The van der Waals surface area contributed by atoms with Crippen LogP contribution in [0.2, 0.25) is 0 Å². The molecule has 1 fully saturated rings. The van der Waals surface area contributed by atoms with Crippen LogP contribution in [-0.2, 0) is 10.2 Å². The van der Waals surface area contributed by atoms with Gasteiger partial charge in [-0.3, -0.25) is 0 Å². The van der Waals surface area contributed by atoms with E-state index in [4.69, 9.17) is 5.11 Å². The molecule has 0 atom stereocenters. The highest BCUT2D eigenvalue weighted by Crippen LogP contribution is 2.10. The molecule has 0 aromatic rings. The summed E-state index contributed by atoms with van der Waals surface area (Å²) in [7, 11) is -3.30. The molecule has 5 nitrogen and oxygen atoms in total. The lowest BCUT2D eigenvalue weighted by Crippen LogP contribution is -2.39. The van der Waals surface area contributed by atoms with Gasteiger partial charge in [0, 0.05) is 19.6 Å². The van der Waals surface area contributed by atoms with Crippen LogP contribution in [0.25, 0.3) is 0 Å². The molecule has 12 heavy (non-hydrogen) atoms. The minimum Gasteiger partial charge on any atom is -0.395 e. The molecule has 0 spiro atoms. The van der Waals surface area contributed by atoms with Gasteiger partial charge in [0.1, 0.15) is 0 Å². The van der Waals surface area contributed by atoms with Gasteiger partial charge < -0.3 is 5.11 Å². The molecule has 1 heterocycles. The summed E-state index contributed by atoms with van der Waals surface area (Å²) >= 11 is 0. The molecule has 1 saturated heterocycles. The maximum Gasteiger partial charge on any atom is 0.279 e. The third-order valence-corrected chi connectivity index (χ3v) is 3.42. The normalized spacial score (nSPS) is 20.1. The third kappa shape index (κ3) is 2.41. The highest BCUT2D eigenvalue weighted by Gasteiger charge is 2.23. The maximum atomic E-state index is 11.3. The second-order valence-electron chi connectivity index (χ2n) is 2.73. The van der Waals surface area contributed by atoms with Gasteiger partial charge in [0.05, 0.1) is 6.61 Å². The van der Waals surface area contributed by atoms with Crippen LogP contribution in [-0.4, -0.2) is 44.1 Å². The lowest BCUT2D eigenvalue weighted by atomic mass is 10.4. The second kappa shape index (κ2) is 4.18. The molecule has 0 bridgehead atoms. The fraction of sp³-hybridized carbons (Fsp3) is 1.00. The van der Waals surface area contributed by atoms with E-state index in [1.165, 1.54) is 4.31 Å². The molecular weight excluding hydrogens is 180 g/mol. The van der Waals surface area contributed by atoms with Crippen molar-refractivity contribution in [1.82, 2.24) is 9.03 Å². The molecule has 2 N–H and O–H groups in total. The van der Waals surface area contributed by atoms with Crippen LogP contribution in [0, 0.1) is 0 Å². The lowest BCUT2D eigenvalue weighted by molar-refractivity contribution is 0.299. The summed E-state index contributed by atoms with van der Waals surface area (Å²) in [5.74, 6) is 0. The predicted molar refractivity (Wildman–Crippen MR) is 44.8 cm³/mol. The van der Waals surface area contributed by atoms with Gasteiger partial charge in [-0.15, -0.1) is 0 Å². The predicted octanol–water partition coefficient (Wildman–Crippen LogP) is -1.09. The van der Waals surface area contributed by atoms with Gasteiger partial charge >= 0.3 is 0 Å². The van der Waals surface area contributed by atoms with Crippen molar-refractivity contribution in [3.8, 4) is 0 Å². The highest BCUT2D eigenvalue weighted by atomic mass is 32.2. The Morgan fingerprint density at radius 2 is 1.92 bits per heavy atom. The van der Waals surface area contributed by atoms with Gasteiger partial charge in [0.25, 0.3) is 10.2 Å². The molecular formula is C6H14N2O3S. The van der Waals surface area contributed by atoms with Crippen LogP contribution in [0.5, 0.6) is 0 Å². The highest BCUT2D eigenvalue weighted by molar-refractivity contribution is 7.87. The number of aliphatic hydroxyl groups excluding tert-OH is 1. The lowest BCUT2D eigenvalue weighted by Gasteiger charge is -2.15. The molecule has 0 aliphatic carbocycles. The molecule has 6 heteroatoms. The summed E-state index contributed by atoms with van der Waals surface area (Å²) in [6, 6.07) is 0. The van der Waals surface area contributed by atoms with Crippen molar-refractivity contribution in [2.75, 3.05) is 26.2 Å². The standard InChI is InChI=1S/C6H14N2O3S/c9-6-3-7-12(10,11)8-4-1-2-5-8/h7,9H,1-6H2. The molecule has 0 saturated carbocycles. The molecule has 0 aromatic heterocycles. The number of nitrogens with zero attached hydrogens (tertiary/aromatic N) is 1. The Balaban J connectivity index is 2.46. The van der Waals surface area contributed by atoms with Crippen molar-refractivity contribution < 1.29 is 13.5 Å². The molecule has 0 aromatic carbocycles. The summed E-state index contributed by atoms with van der Waals surface area (Å²) in [5.41, 5.74) is 0. The monoisotopic (exact) mass is 194 g/mol. The number of rotatable bonds is 4. The molecule has 0 unspecified atom stereocenters. The van der Waals surface area contributed by atoms with Crippen molar-refractivity contribution in [3.05, 3.63) is 0 Å². The van der Waals surface area contributed by atoms with E-state index in [0.717, 1.165) is 12.8 Å². The van der Waals surface area contributed by atoms with Gasteiger partial charge in [0.15, 0.2) is 0 Å². The summed E-state index contributed by atoms with van der Waals surface area (Å²) < 4.78 is 26.3. The molecule has 0 radical (unpaired) electrons. The van der Waals surface area contributed by atoms with Crippen LogP contribution in [0.4, 0.5) is 0 Å². The average molecular weight is 194 g/mol. The zero-order chi connectivity index (χ0) is 9.03. The molecule has 0 amide bonds. The van der Waals surface area contributed by atoms with Crippen molar-refractivity contribution in [2.45, 2.75) is 12.8 Å². The molecule has 1 aliphatic rings. The largest absolute Gasteiger partial charge is 0.395 e. The second-order valence-corrected chi connectivity index (χ2v) is 4.48. The first kappa shape index (κ1) is 9.91. The van der Waals surface area contributed by atoms with E-state index < -0.39 is 10.2 Å². The van der Waals surface area contributed by atoms with Crippen LogP contribution in [0.1, 0.15) is 12.8 Å². The number of aliphatic hydroxyl groups is 1. The van der Waals surface area contributed by atoms with Crippen LogP contribution in [0.3, 0.4) is 0 Å². The maximum absolute atomic E-state index is 11.3. The van der Waals surface area contributed by atoms with E-state index in [2.05, 4.69) is 4.72 Å². The zero-order valence-corrected chi connectivity index (χ0v) is 7.68. The van der Waals surface area contributed by atoms with Crippen molar-refractivity contribution in [2.24, 2.45) is 0 Å². The van der Waals surface area contributed by atoms with E-state index in [9.17, 15) is 8.42 Å². The van der Waals surface area contributed by atoms with Gasteiger partial charge in [-0.2, -0.15) is 17.4 Å². The van der Waals surface area contributed by atoms with Crippen LogP contribution in [0.15, 0.2) is 0 Å². The topological polar surface area (TPSA) is 69.6 Å². The van der Waals surface area contributed by atoms with Crippen LogP contribution >= 0.6 is 0 Å². The SMILES string of the molecule is O=S(=O)(NCCO)N1CCCC1. The Labute approximate surface area is 72.6 Å². The Kier molecular flexibility index (Phi) is 3.45. The summed E-state index contributed by atoms with van der Waals surface area (Å²) in [5, 5.41) is 8.43. The molecule has 1 aliphatic heterocycles. The van der Waals surface area contributed by atoms with Gasteiger partial charge in [0.2, 0.25) is 0 Å². The molecule has 1 rings (SSSR count). The fourth-order valence-electron chi connectivity index (χ4n) is 1.19. The Morgan fingerprint density at radius 1 is 1.33 bits per heavy atom. The quantitative estimate of drug-likeness (QED) is 0.597. The zero-order valence-electron chi connectivity index (χ0n) is 6.86. The number of nitrogens with one attached hydrogen (secondary N) is 1. The number of hydrogen-bond acceptors (Lipinski definition) is 3. The summed E-state index contributed by atoms with van der Waals surface area (Å²) in [6.45, 7) is 1.13. The summed E-state index contributed by atoms with van der Waals surface area (Å²) in [4.78, 5) is 0. The van der Waals surface area contributed by atoms with E-state index >= 15 is 0 Å². The van der Waals surface area contributed by atoms with E-state index in [1.54, 1.807) is 0 Å². The third-order valence-electron chi connectivity index (χ3n) is 1.80. The Morgan fingerprint density at radius 3 is 2.42 bits per heavy atom. The molecule has 72 valence electrons. The summed E-state index contributed by atoms with van der Waals surface area (Å²) in [6.07, 6.45) is 1.86. The number of hydrogen-bond donors (Lipinski definition) is 2. The Bertz CT molecular complexity index is 221. The smallest absolute Gasteiger partial charge is 0.279 e. The van der Waals surface area contributed by atoms with Crippen molar-refractivity contribution in [1.29, 1.82) is 0 Å². The first-order chi connectivity index (χ1) is 5.67. The van der Waals surface area contributed by atoms with E-state index in [1.807, 2.05) is 0 Å². The van der Waals surface area contributed by atoms with Gasteiger partial charge in [-0.25, -0.2) is 0 Å². The van der Waals surface area contributed by atoms with E-state index in [0.29, 0.717) is 13.1 Å². The minimum absolute atomic E-state index is 0.0961. The average Bonchev–Trinajstić information content (AvgIpc) is 2.53. The van der Waals surface area contributed by atoms with Crippen LogP contribution < -0.4 is 4.72 Å². The Hall–Kier alpha value is -0.170. The van der Waals surface area contributed by atoms with Crippen molar-refractivity contribution in [3.63, 3.8) is 0 Å². The van der Waals surface area contributed by atoms with E-state index in [-0.39, 0.29) is 13.2 Å². The van der Waals surface area contributed by atoms with Gasteiger partial charge in [-0.05, 0) is 12.8 Å². The van der Waals surface area contributed by atoms with Crippen molar-refractivity contribution >= 4 is 10.2 Å². The minimum atomic E-state index is -3.30. The first-order valence-electron chi connectivity index (χ1n) is 4.02.